The summed E-state index contributed by atoms with van der Waals surface area (Å²) >= 11 is 0. The molecule has 17 heavy (non-hydrogen) atoms. The van der Waals surface area contributed by atoms with Gasteiger partial charge in [-0.25, -0.2) is 8.78 Å². The number of aromatic nitrogens is 2. The first-order valence-electron chi connectivity index (χ1n) is 5.38. The molecule has 2 rings (SSSR count). The normalized spacial score (nSPS) is 11.8. The predicted octanol–water partition coefficient (Wildman–Crippen LogP) is 3.65. The number of aromatic amines is 1. The van der Waals surface area contributed by atoms with Crippen LogP contribution in [0.4, 0.5) is 8.78 Å². The van der Waals surface area contributed by atoms with Gasteiger partial charge in [-0.1, -0.05) is 20.8 Å². The largest absolute Gasteiger partial charge is 0.285 e. The molecular formula is C13H14F2N2. The molecule has 0 aliphatic heterocycles. The van der Waals surface area contributed by atoms with Gasteiger partial charge in [0.2, 0.25) is 0 Å². The molecule has 0 atom stereocenters. The second-order valence-electron chi connectivity index (χ2n) is 5.05. The van der Waals surface area contributed by atoms with Crippen LogP contribution in [0.25, 0.3) is 11.1 Å². The first-order valence-corrected chi connectivity index (χ1v) is 5.38. The van der Waals surface area contributed by atoms with Crippen molar-refractivity contribution in [2.24, 2.45) is 0 Å². The Morgan fingerprint density at radius 2 is 1.82 bits per heavy atom. The Morgan fingerprint density at radius 1 is 1.12 bits per heavy atom. The monoisotopic (exact) mass is 236 g/mol. The SMILES string of the molecule is CC(C)(C)c1cc(F)c(-c2cn[nH]c2)cc1F. The Kier molecular flexibility index (Phi) is 2.73. The molecule has 0 amide bonds. The van der Waals surface area contributed by atoms with E-state index in [-0.39, 0.29) is 5.56 Å². The molecule has 2 nitrogen and oxygen atoms in total. The standard InChI is InChI=1S/C13H14F2N2/c1-13(2,3)10-5-11(14)9(4-12(10)15)8-6-16-17-7-8/h4-7H,1-3H3,(H,16,17). The molecule has 4 heteroatoms. The maximum Gasteiger partial charge on any atom is 0.131 e. The van der Waals surface area contributed by atoms with E-state index < -0.39 is 17.0 Å². The van der Waals surface area contributed by atoms with Crippen molar-refractivity contribution in [2.75, 3.05) is 0 Å². The van der Waals surface area contributed by atoms with Gasteiger partial charge in [0.1, 0.15) is 11.6 Å². The van der Waals surface area contributed by atoms with Crippen LogP contribution >= 0.6 is 0 Å². The number of hydrogen-bond acceptors (Lipinski definition) is 1. The highest BCUT2D eigenvalue weighted by atomic mass is 19.1. The number of halogens is 2. The lowest BCUT2D eigenvalue weighted by Crippen LogP contribution is -2.14. The molecule has 0 aliphatic carbocycles. The lowest BCUT2D eigenvalue weighted by atomic mass is 9.85. The molecule has 1 heterocycles. The smallest absolute Gasteiger partial charge is 0.131 e. The van der Waals surface area contributed by atoms with E-state index in [0.29, 0.717) is 11.1 Å². The number of nitrogens with one attached hydrogen (secondary N) is 1. The van der Waals surface area contributed by atoms with Gasteiger partial charge in [0.05, 0.1) is 6.20 Å². The van der Waals surface area contributed by atoms with Crippen molar-refractivity contribution >= 4 is 0 Å². The second kappa shape index (κ2) is 3.95. The van der Waals surface area contributed by atoms with Gasteiger partial charge in [-0.15, -0.1) is 0 Å². The molecule has 0 spiro atoms. The molecule has 0 unspecified atom stereocenters. The fourth-order valence-electron chi connectivity index (χ4n) is 1.74. The Bertz CT molecular complexity index is 525. The summed E-state index contributed by atoms with van der Waals surface area (Å²) < 4.78 is 27.8. The van der Waals surface area contributed by atoms with Crippen LogP contribution in [-0.4, -0.2) is 10.2 Å². The van der Waals surface area contributed by atoms with Crippen molar-refractivity contribution < 1.29 is 8.78 Å². The van der Waals surface area contributed by atoms with Gasteiger partial charge in [0.25, 0.3) is 0 Å². The average Bonchev–Trinajstić information content (AvgIpc) is 2.72. The van der Waals surface area contributed by atoms with E-state index in [0.717, 1.165) is 0 Å². The lowest BCUT2D eigenvalue weighted by molar-refractivity contribution is 0.512. The van der Waals surface area contributed by atoms with Crippen molar-refractivity contribution in [2.45, 2.75) is 26.2 Å². The molecule has 2 aromatic rings. The van der Waals surface area contributed by atoms with E-state index in [1.807, 2.05) is 20.8 Å². The number of nitrogens with zero attached hydrogens (tertiary/aromatic N) is 1. The first-order chi connectivity index (χ1) is 7.89. The van der Waals surface area contributed by atoms with Crippen molar-refractivity contribution in [3.8, 4) is 11.1 Å². The van der Waals surface area contributed by atoms with E-state index in [2.05, 4.69) is 10.2 Å². The van der Waals surface area contributed by atoms with Gasteiger partial charge in [0.15, 0.2) is 0 Å². The molecule has 0 saturated carbocycles. The summed E-state index contributed by atoms with van der Waals surface area (Å²) in [4.78, 5) is 0. The topological polar surface area (TPSA) is 28.7 Å². The van der Waals surface area contributed by atoms with Gasteiger partial charge >= 0.3 is 0 Å². The maximum absolute atomic E-state index is 13.9. The third-order valence-corrected chi connectivity index (χ3v) is 2.67. The van der Waals surface area contributed by atoms with Crippen molar-refractivity contribution in [3.05, 3.63) is 41.7 Å². The summed E-state index contributed by atoms with van der Waals surface area (Å²) in [5, 5.41) is 6.31. The minimum absolute atomic E-state index is 0.226. The number of H-pyrrole nitrogens is 1. The van der Waals surface area contributed by atoms with Crippen molar-refractivity contribution in [1.29, 1.82) is 0 Å². The Balaban J connectivity index is 2.57. The highest BCUT2D eigenvalue weighted by Gasteiger charge is 2.21. The minimum atomic E-state index is -0.433. The molecule has 0 radical (unpaired) electrons. The Morgan fingerprint density at radius 3 is 2.35 bits per heavy atom. The van der Waals surface area contributed by atoms with E-state index in [1.54, 1.807) is 0 Å². The molecule has 0 aliphatic rings. The quantitative estimate of drug-likeness (QED) is 0.804. The third-order valence-electron chi connectivity index (χ3n) is 2.67. The van der Waals surface area contributed by atoms with Crippen LogP contribution in [0, 0.1) is 11.6 Å². The van der Waals surface area contributed by atoms with Crippen LogP contribution in [0.2, 0.25) is 0 Å². The molecule has 0 saturated heterocycles. The summed E-state index contributed by atoms with van der Waals surface area (Å²) in [7, 11) is 0. The van der Waals surface area contributed by atoms with E-state index in [4.69, 9.17) is 0 Å². The highest BCUT2D eigenvalue weighted by molar-refractivity contribution is 5.63. The summed E-state index contributed by atoms with van der Waals surface area (Å²) in [6.45, 7) is 5.55. The summed E-state index contributed by atoms with van der Waals surface area (Å²) in [5.74, 6) is -0.826. The summed E-state index contributed by atoms with van der Waals surface area (Å²) in [6.07, 6.45) is 3.00. The van der Waals surface area contributed by atoms with Gasteiger partial charge in [-0.3, -0.25) is 5.10 Å². The van der Waals surface area contributed by atoms with E-state index >= 15 is 0 Å². The Hall–Kier alpha value is -1.71. The van der Waals surface area contributed by atoms with Crippen LogP contribution in [0.3, 0.4) is 0 Å². The summed E-state index contributed by atoms with van der Waals surface area (Å²) in [6, 6.07) is 2.48. The van der Waals surface area contributed by atoms with Gasteiger partial charge in [-0.2, -0.15) is 5.10 Å². The van der Waals surface area contributed by atoms with Crippen LogP contribution in [-0.2, 0) is 5.41 Å². The van der Waals surface area contributed by atoms with Crippen molar-refractivity contribution in [1.82, 2.24) is 10.2 Å². The minimum Gasteiger partial charge on any atom is -0.285 e. The fourth-order valence-corrected chi connectivity index (χ4v) is 1.74. The van der Waals surface area contributed by atoms with Gasteiger partial charge in [0, 0.05) is 17.3 Å². The maximum atomic E-state index is 13.9. The molecule has 90 valence electrons. The number of benzene rings is 1. The molecule has 1 aromatic heterocycles. The number of rotatable bonds is 1. The number of hydrogen-bond donors (Lipinski definition) is 1. The predicted molar refractivity (Wildman–Crippen MR) is 62.6 cm³/mol. The zero-order valence-electron chi connectivity index (χ0n) is 10.0. The van der Waals surface area contributed by atoms with Crippen LogP contribution in [0.5, 0.6) is 0 Å². The van der Waals surface area contributed by atoms with Crippen molar-refractivity contribution in [3.63, 3.8) is 0 Å². The molecule has 1 aromatic carbocycles. The van der Waals surface area contributed by atoms with Crippen LogP contribution < -0.4 is 0 Å². The molecular weight excluding hydrogens is 222 g/mol. The fraction of sp³-hybridized carbons (Fsp3) is 0.308. The van der Waals surface area contributed by atoms with Crippen LogP contribution in [0.1, 0.15) is 26.3 Å². The van der Waals surface area contributed by atoms with E-state index in [9.17, 15) is 8.78 Å². The second-order valence-corrected chi connectivity index (χ2v) is 5.05. The Labute approximate surface area is 98.7 Å². The lowest BCUT2D eigenvalue weighted by Gasteiger charge is -2.20. The third kappa shape index (κ3) is 2.20. The van der Waals surface area contributed by atoms with E-state index in [1.165, 1.54) is 24.5 Å². The van der Waals surface area contributed by atoms with Gasteiger partial charge < -0.3 is 0 Å². The summed E-state index contributed by atoms with van der Waals surface area (Å²) in [5.41, 5.74) is 0.730. The molecule has 1 N–H and O–H groups in total. The molecule has 0 fully saturated rings. The molecule has 0 bridgehead atoms. The first kappa shape index (κ1) is 11.8. The zero-order chi connectivity index (χ0) is 12.6. The highest BCUT2D eigenvalue weighted by Crippen LogP contribution is 2.30. The van der Waals surface area contributed by atoms with Crippen LogP contribution in [0.15, 0.2) is 24.5 Å². The zero-order valence-corrected chi connectivity index (χ0v) is 10.0. The average molecular weight is 236 g/mol. The van der Waals surface area contributed by atoms with Gasteiger partial charge in [-0.05, 0) is 23.1 Å².